The topological polar surface area (TPSA) is 96.2 Å². The quantitative estimate of drug-likeness (QED) is 0.0226. The van der Waals surface area contributed by atoms with Gasteiger partial charge in [-0.1, -0.05) is 336 Å². The van der Waals surface area contributed by atoms with Crippen LogP contribution in [0, 0.1) is 71.0 Å². The molecule has 0 aromatic rings. The predicted molar refractivity (Wildman–Crippen MR) is 379 cm³/mol. The van der Waals surface area contributed by atoms with Crippen molar-refractivity contribution in [1.82, 2.24) is 42.5 Å². The Bertz CT molecular complexity index is 1530. The van der Waals surface area contributed by atoms with E-state index in [9.17, 15) is 0 Å². The van der Waals surface area contributed by atoms with Crippen molar-refractivity contribution in [2.45, 2.75) is 437 Å². The van der Waals surface area contributed by atoms with Crippen LogP contribution in [-0.4, -0.2) is 49.3 Å². The summed E-state index contributed by atoms with van der Waals surface area (Å²) in [5.74, 6) is 9.14. The maximum absolute atomic E-state index is 4.60. The average Bonchev–Trinajstić information content (AvgIpc) is 2.02. The average molecular weight is 1290 g/mol. The van der Waals surface area contributed by atoms with E-state index in [4.69, 9.17) is 0 Å². The van der Waals surface area contributed by atoms with Crippen LogP contribution in [0.25, 0.3) is 0 Å². The Morgan fingerprint density at radius 3 is 0.506 bits per heavy atom. The molecule has 20 atom stereocenters. The van der Waals surface area contributed by atoms with E-state index in [2.05, 4.69) is 70.2 Å². The fraction of sp³-hybridized carbons (Fsp3) is 1.00. The molecule has 4 saturated carbocycles. The summed E-state index contributed by atoms with van der Waals surface area (Å²) >= 11 is 0. The Kier molecular flexibility index (Phi) is 36.7. The molecular formula is C80H152N8Zn. The van der Waals surface area contributed by atoms with Gasteiger partial charge in [0.2, 0.25) is 0 Å². The Labute approximate surface area is 566 Å². The van der Waals surface area contributed by atoms with E-state index in [-0.39, 0.29) is 19.5 Å². The molecule has 9 heteroatoms. The van der Waals surface area contributed by atoms with Crippen LogP contribution in [0.2, 0.25) is 0 Å². The third-order valence-corrected chi connectivity index (χ3v) is 26.5. The van der Waals surface area contributed by atoms with Gasteiger partial charge in [-0.05, 0) is 122 Å². The van der Waals surface area contributed by atoms with Gasteiger partial charge in [-0.15, -0.1) is 0 Å². The summed E-state index contributed by atoms with van der Waals surface area (Å²) in [6.45, 7) is 9.41. The summed E-state index contributed by atoms with van der Waals surface area (Å²) in [7, 11) is 0. The van der Waals surface area contributed by atoms with Gasteiger partial charge >= 0.3 is 0 Å². The molecule has 0 spiro atoms. The third-order valence-electron chi connectivity index (χ3n) is 26.5. The van der Waals surface area contributed by atoms with Crippen molar-refractivity contribution in [2.24, 2.45) is 71.0 Å². The van der Waals surface area contributed by atoms with Crippen molar-refractivity contribution < 1.29 is 19.5 Å². The molecule has 5 aliphatic heterocycles. The zero-order valence-corrected chi connectivity index (χ0v) is 62.8. The molecule has 5 heterocycles. The van der Waals surface area contributed by atoms with Crippen molar-refractivity contribution in [2.75, 3.05) is 0 Å². The van der Waals surface area contributed by atoms with E-state index in [1.54, 1.807) is 0 Å². The molecule has 20 unspecified atom stereocenters. The number of nitrogens with one attached hydrogen (secondary N) is 8. The summed E-state index contributed by atoms with van der Waals surface area (Å²) in [6.07, 6.45) is 83.6. The maximum Gasteiger partial charge on any atom is 0.0628 e. The zero-order valence-electron chi connectivity index (χ0n) is 59.9. The molecule has 5 saturated heterocycles. The summed E-state index contributed by atoms with van der Waals surface area (Å²) in [5.41, 5.74) is 0. The molecule has 9 aliphatic rings. The van der Waals surface area contributed by atoms with Gasteiger partial charge in [-0.3, -0.25) is 42.5 Å². The second-order valence-corrected chi connectivity index (χ2v) is 32.9. The standard InChI is InChI=1S/C80H152N8.Zn/c1-5-9-13-17-21-25-29-33-37-41-49-61-57-69-70(58-62(61)50-42-38-34-30-26-22-18-14-10-6-2)78-84-74-67-55-47-48-56-68(67)76(82-74)86-80-72-60-64(52-44-40-36-32-28-24-20-16-12-8-4)63(51-43-39-35-31-27-23-19-15-11-7-3)59-71(72)79(88-80)85-75-66-54-46-45-53-65(66)73(81-75)83-77(69)87-78;/h61-88H,5-60H2,1-4H3;. The van der Waals surface area contributed by atoms with Crippen LogP contribution < -0.4 is 42.5 Å². The van der Waals surface area contributed by atoms with Crippen LogP contribution in [0.3, 0.4) is 0 Å². The van der Waals surface area contributed by atoms with Gasteiger partial charge in [0.15, 0.2) is 0 Å². The van der Waals surface area contributed by atoms with Gasteiger partial charge in [0.25, 0.3) is 0 Å². The molecule has 0 aromatic carbocycles. The Morgan fingerprint density at radius 2 is 0.337 bits per heavy atom. The van der Waals surface area contributed by atoms with Gasteiger partial charge in [0.1, 0.15) is 0 Å². The van der Waals surface area contributed by atoms with E-state index >= 15 is 0 Å². The first-order valence-corrected chi connectivity index (χ1v) is 41.6. The molecule has 8 N–H and O–H groups in total. The molecular weight excluding hydrogens is 1140 g/mol. The van der Waals surface area contributed by atoms with Crippen LogP contribution in [0.4, 0.5) is 0 Å². The van der Waals surface area contributed by atoms with E-state index < -0.39 is 0 Å². The number of unbranched alkanes of at least 4 members (excludes halogenated alkanes) is 36. The normalized spacial score (nSPS) is 35.7. The van der Waals surface area contributed by atoms with Crippen molar-refractivity contribution in [1.29, 1.82) is 0 Å². The van der Waals surface area contributed by atoms with Gasteiger partial charge in [0.05, 0.1) is 49.3 Å². The van der Waals surface area contributed by atoms with Crippen LogP contribution in [0.1, 0.15) is 387 Å². The molecule has 0 amide bonds. The molecule has 0 radical (unpaired) electrons. The first-order valence-electron chi connectivity index (χ1n) is 41.6. The fourth-order valence-corrected chi connectivity index (χ4v) is 21.3. The maximum atomic E-state index is 4.60. The largest absolute Gasteiger partial charge is 0.286 e. The van der Waals surface area contributed by atoms with Crippen molar-refractivity contribution in [3.05, 3.63) is 0 Å². The minimum absolute atomic E-state index is 0. The van der Waals surface area contributed by atoms with E-state index in [0.717, 1.165) is 23.7 Å². The minimum atomic E-state index is 0. The van der Waals surface area contributed by atoms with Gasteiger partial charge in [-0.25, -0.2) is 0 Å². The molecule has 8 nitrogen and oxygen atoms in total. The predicted octanol–water partition coefficient (Wildman–Crippen LogP) is 20.8. The van der Waals surface area contributed by atoms with Gasteiger partial charge in [-0.2, -0.15) is 0 Å². The summed E-state index contributed by atoms with van der Waals surface area (Å²) in [6, 6.07) is 0. The van der Waals surface area contributed by atoms with Gasteiger partial charge in [0, 0.05) is 19.5 Å². The first kappa shape index (κ1) is 75.1. The number of rotatable bonds is 44. The molecule has 89 heavy (non-hydrogen) atoms. The third kappa shape index (κ3) is 23.8. The molecule has 4 aliphatic carbocycles. The van der Waals surface area contributed by atoms with Crippen LogP contribution in [-0.2, 0) is 19.5 Å². The van der Waals surface area contributed by atoms with Crippen molar-refractivity contribution in [3.63, 3.8) is 0 Å². The molecule has 9 fully saturated rings. The smallest absolute Gasteiger partial charge is 0.0628 e. The fourth-order valence-electron chi connectivity index (χ4n) is 21.3. The molecule has 514 valence electrons. The van der Waals surface area contributed by atoms with Gasteiger partial charge < -0.3 is 0 Å². The summed E-state index contributed by atoms with van der Waals surface area (Å²) in [5, 5.41) is 36.5. The second-order valence-electron chi connectivity index (χ2n) is 32.9. The molecule has 9 rings (SSSR count). The van der Waals surface area contributed by atoms with Crippen molar-refractivity contribution in [3.8, 4) is 0 Å². The van der Waals surface area contributed by atoms with Crippen molar-refractivity contribution >= 4 is 0 Å². The Balaban J connectivity index is 0.0000102. The first-order chi connectivity index (χ1) is 43.6. The number of fused-ring (bicyclic) bond motifs is 20. The Morgan fingerprint density at radius 1 is 0.191 bits per heavy atom. The summed E-state index contributed by atoms with van der Waals surface area (Å²) < 4.78 is 0. The van der Waals surface area contributed by atoms with Crippen LogP contribution in [0.5, 0.6) is 0 Å². The number of hydrogen-bond donors (Lipinski definition) is 8. The second kappa shape index (κ2) is 43.6. The summed E-state index contributed by atoms with van der Waals surface area (Å²) in [4.78, 5) is 0. The zero-order chi connectivity index (χ0) is 60.8. The SMILES string of the molecule is CCCCCCCCCCCCC1CC2C3NC4NC(NC5NC(NC6NC(NC(N3)C2CC1CCCCCCCCCCCC)C1CCCCC61)C1CC(CCCCCCCCCCCC)C(CCCCCCCCCCCC)CC51)C1CCCCC41.[Zn]. The van der Waals surface area contributed by atoms with Crippen LogP contribution >= 0.6 is 0 Å². The van der Waals surface area contributed by atoms with E-state index in [1.165, 1.54) is 360 Å². The van der Waals surface area contributed by atoms with E-state index in [0.29, 0.717) is 96.7 Å². The minimum Gasteiger partial charge on any atom is -0.286 e. The molecule has 0 aromatic heterocycles. The van der Waals surface area contributed by atoms with E-state index in [1.807, 2.05) is 0 Å². The molecule has 8 bridgehead atoms. The van der Waals surface area contributed by atoms with Crippen LogP contribution in [0.15, 0.2) is 0 Å². The monoisotopic (exact) mass is 1290 g/mol. The Hall–Kier alpha value is 0.303. The number of hydrogen-bond acceptors (Lipinski definition) is 8.